The van der Waals surface area contributed by atoms with Gasteiger partial charge in [-0.1, -0.05) is 29.8 Å². The summed E-state index contributed by atoms with van der Waals surface area (Å²) < 4.78 is 0. The van der Waals surface area contributed by atoms with Crippen LogP contribution in [0.1, 0.15) is 43.9 Å². The molecule has 0 heterocycles. The number of rotatable bonds is 4. The van der Waals surface area contributed by atoms with Crippen molar-refractivity contribution >= 4 is 0 Å². The van der Waals surface area contributed by atoms with Crippen molar-refractivity contribution in [2.45, 2.75) is 45.7 Å². The molecule has 0 saturated heterocycles. The molecule has 1 heteroatoms. The largest absolute Gasteiger partial charge is 0.307 e. The smallest absolute Gasteiger partial charge is 0.0294 e. The van der Waals surface area contributed by atoms with Gasteiger partial charge >= 0.3 is 0 Å². The van der Waals surface area contributed by atoms with Crippen molar-refractivity contribution in [3.63, 3.8) is 0 Å². The molecule has 0 radical (unpaired) electrons. The fourth-order valence-corrected chi connectivity index (χ4v) is 2.08. The van der Waals surface area contributed by atoms with Crippen LogP contribution in [-0.2, 0) is 0 Å². The van der Waals surface area contributed by atoms with E-state index in [0.717, 1.165) is 5.92 Å². The molecule has 0 bridgehead atoms. The molecule has 0 spiro atoms. The molecule has 82 valence electrons. The normalized spacial score (nSPS) is 19.9. The van der Waals surface area contributed by atoms with Crippen LogP contribution >= 0.6 is 0 Å². The van der Waals surface area contributed by atoms with E-state index in [2.05, 4.69) is 50.4 Å². The lowest BCUT2D eigenvalue weighted by atomic mass is 10.1. The third-order valence-corrected chi connectivity index (χ3v) is 3.42. The van der Waals surface area contributed by atoms with Gasteiger partial charge in [0.2, 0.25) is 0 Å². The lowest BCUT2D eigenvalue weighted by molar-refractivity contribution is 0.441. The van der Waals surface area contributed by atoms with Gasteiger partial charge in [0.05, 0.1) is 0 Å². The predicted octanol–water partition coefficient (Wildman–Crippen LogP) is 3.44. The van der Waals surface area contributed by atoms with Gasteiger partial charge in [-0.25, -0.2) is 0 Å². The first-order chi connectivity index (χ1) is 7.16. The molecule has 2 unspecified atom stereocenters. The van der Waals surface area contributed by atoms with Gasteiger partial charge in [-0.15, -0.1) is 0 Å². The second kappa shape index (κ2) is 4.36. The Morgan fingerprint density at radius 3 is 2.27 bits per heavy atom. The van der Waals surface area contributed by atoms with E-state index in [1.54, 1.807) is 0 Å². The summed E-state index contributed by atoms with van der Waals surface area (Å²) in [6.45, 7) is 6.70. The zero-order chi connectivity index (χ0) is 10.8. The van der Waals surface area contributed by atoms with E-state index >= 15 is 0 Å². The third kappa shape index (κ3) is 2.82. The minimum absolute atomic E-state index is 0.473. The van der Waals surface area contributed by atoms with Gasteiger partial charge in [-0.2, -0.15) is 0 Å². The second-order valence-corrected chi connectivity index (χ2v) is 4.93. The van der Waals surface area contributed by atoms with Crippen LogP contribution in [0, 0.1) is 12.8 Å². The zero-order valence-corrected chi connectivity index (χ0v) is 9.96. The number of nitrogens with one attached hydrogen (secondary N) is 1. The third-order valence-electron chi connectivity index (χ3n) is 3.42. The van der Waals surface area contributed by atoms with Gasteiger partial charge in [0.15, 0.2) is 0 Å². The maximum atomic E-state index is 3.68. The molecule has 1 saturated carbocycles. The molecule has 0 amide bonds. The average molecular weight is 203 g/mol. The molecule has 1 fully saturated rings. The molecule has 2 atom stereocenters. The Morgan fingerprint density at radius 1 is 1.13 bits per heavy atom. The molecule has 0 aliphatic heterocycles. The average Bonchev–Trinajstić information content (AvgIpc) is 3.01. The lowest BCUT2D eigenvalue weighted by Gasteiger charge is -2.20. The second-order valence-electron chi connectivity index (χ2n) is 4.93. The summed E-state index contributed by atoms with van der Waals surface area (Å²) in [4.78, 5) is 0. The molecule has 1 aromatic carbocycles. The van der Waals surface area contributed by atoms with Crippen molar-refractivity contribution in [2.75, 3.05) is 0 Å². The van der Waals surface area contributed by atoms with E-state index in [1.165, 1.54) is 24.0 Å². The lowest BCUT2D eigenvalue weighted by Crippen LogP contribution is -2.30. The highest BCUT2D eigenvalue weighted by atomic mass is 15.0. The molecule has 2 rings (SSSR count). The maximum absolute atomic E-state index is 3.68. The standard InChI is InChI=1S/C14H21N/c1-10-4-6-13(7-5-10)11(2)15-12(3)14-8-9-14/h4-7,11-12,14-15H,8-9H2,1-3H3. The Morgan fingerprint density at radius 2 is 1.73 bits per heavy atom. The van der Waals surface area contributed by atoms with E-state index in [-0.39, 0.29) is 0 Å². The topological polar surface area (TPSA) is 12.0 Å². The van der Waals surface area contributed by atoms with Crippen molar-refractivity contribution in [3.8, 4) is 0 Å². The molecule has 1 aliphatic carbocycles. The van der Waals surface area contributed by atoms with Crippen molar-refractivity contribution in [3.05, 3.63) is 35.4 Å². The highest BCUT2D eigenvalue weighted by Crippen LogP contribution is 2.33. The van der Waals surface area contributed by atoms with Gasteiger partial charge in [0.1, 0.15) is 0 Å². The van der Waals surface area contributed by atoms with Gasteiger partial charge in [0.25, 0.3) is 0 Å². The summed E-state index contributed by atoms with van der Waals surface area (Å²) in [7, 11) is 0. The quantitative estimate of drug-likeness (QED) is 0.790. The number of hydrogen-bond donors (Lipinski definition) is 1. The summed E-state index contributed by atoms with van der Waals surface area (Å²) >= 11 is 0. The Hall–Kier alpha value is -0.820. The van der Waals surface area contributed by atoms with Crippen LogP contribution in [0.3, 0.4) is 0 Å². The van der Waals surface area contributed by atoms with Crippen LogP contribution in [0.15, 0.2) is 24.3 Å². The first-order valence-electron chi connectivity index (χ1n) is 5.99. The van der Waals surface area contributed by atoms with E-state index in [9.17, 15) is 0 Å². The Balaban J connectivity index is 1.94. The first-order valence-corrected chi connectivity index (χ1v) is 5.99. The summed E-state index contributed by atoms with van der Waals surface area (Å²) in [5.41, 5.74) is 2.73. The molecular weight excluding hydrogens is 182 g/mol. The zero-order valence-electron chi connectivity index (χ0n) is 9.96. The van der Waals surface area contributed by atoms with Gasteiger partial charge < -0.3 is 5.32 Å². The highest BCUT2D eigenvalue weighted by Gasteiger charge is 2.28. The Kier molecular flexibility index (Phi) is 3.11. The number of benzene rings is 1. The summed E-state index contributed by atoms with van der Waals surface area (Å²) in [5, 5.41) is 3.68. The molecule has 0 aromatic heterocycles. The SMILES string of the molecule is Cc1ccc(C(C)NC(C)C2CC2)cc1. The van der Waals surface area contributed by atoms with E-state index < -0.39 is 0 Å². The highest BCUT2D eigenvalue weighted by molar-refractivity contribution is 5.23. The maximum Gasteiger partial charge on any atom is 0.0294 e. The van der Waals surface area contributed by atoms with E-state index in [1.807, 2.05) is 0 Å². The molecular formula is C14H21N. The van der Waals surface area contributed by atoms with Crippen LogP contribution in [0.4, 0.5) is 0 Å². The molecule has 15 heavy (non-hydrogen) atoms. The van der Waals surface area contributed by atoms with E-state index in [4.69, 9.17) is 0 Å². The number of hydrogen-bond acceptors (Lipinski definition) is 1. The molecule has 1 nitrogen and oxygen atoms in total. The van der Waals surface area contributed by atoms with Crippen molar-refractivity contribution in [1.29, 1.82) is 0 Å². The van der Waals surface area contributed by atoms with Crippen LogP contribution in [0.2, 0.25) is 0 Å². The molecule has 1 N–H and O–H groups in total. The van der Waals surface area contributed by atoms with Crippen LogP contribution in [0.5, 0.6) is 0 Å². The van der Waals surface area contributed by atoms with Gasteiger partial charge in [-0.05, 0) is 45.1 Å². The summed E-state index contributed by atoms with van der Waals surface area (Å²) in [5.74, 6) is 0.929. The van der Waals surface area contributed by atoms with Gasteiger partial charge in [0, 0.05) is 12.1 Å². The van der Waals surface area contributed by atoms with Crippen LogP contribution < -0.4 is 5.32 Å². The minimum atomic E-state index is 0.473. The van der Waals surface area contributed by atoms with Crippen molar-refractivity contribution in [1.82, 2.24) is 5.32 Å². The predicted molar refractivity (Wildman–Crippen MR) is 64.9 cm³/mol. The summed E-state index contributed by atoms with van der Waals surface area (Å²) in [6.07, 6.45) is 2.82. The minimum Gasteiger partial charge on any atom is -0.307 e. The Bertz CT molecular complexity index is 311. The van der Waals surface area contributed by atoms with Crippen molar-refractivity contribution < 1.29 is 0 Å². The first kappa shape index (κ1) is 10.7. The van der Waals surface area contributed by atoms with Crippen LogP contribution in [-0.4, -0.2) is 6.04 Å². The molecule has 1 aliphatic rings. The summed E-state index contributed by atoms with van der Waals surface area (Å²) in [6, 6.07) is 9.98. The van der Waals surface area contributed by atoms with Crippen molar-refractivity contribution in [2.24, 2.45) is 5.92 Å². The fourth-order valence-electron chi connectivity index (χ4n) is 2.08. The van der Waals surface area contributed by atoms with Crippen LogP contribution in [0.25, 0.3) is 0 Å². The van der Waals surface area contributed by atoms with E-state index in [0.29, 0.717) is 12.1 Å². The molecule has 1 aromatic rings. The Labute approximate surface area is 92.9 Å². The van der Waals surface area contributed by atoms with Gasteiger partial charge in [-0.3, -0.25) is 0 Å². The fraction of sp³-hybridized carbons (Fsp3) is 0.571. The monoisotopic (exact) mass is 203 g/mol. The number of aryl methyl sites for hydroxylation is 1.